The maximum absolute atomic E-state index is 13.6. The molecule has 230 valence electrons. The van der Waals surface area contributed by atoms with Crippen molar-refractivity contribution >= 4 is 39.5 Å². The number of rotatable bonds is 12. The van der Waals surface area contributed by atoms with E-state index in [1.165, 1.54) is 6.08 Å². The van der Waals surface area contributed by atoms with Crippen LogP contribution in [0.25, 0.3) is 0 Å². The van der Waals surface area contributed by atoms with E-state index in [9.17, 15) is 9.59 Å². The van der Waals surface area contributed by atoms with E-state index in [4.69, 9.17) is 40.0 Å². The second-order valence-corrected chi connectivity index (χ2v) is 24.9. The van der Waals surface area contributed by atoms with Gasteiger partial charge in [-0.1, -0.05) is 57.0 Å². The molecule has 0 aliphatic carbocycles. The predicted molar refractivity (Wildman–Crippen MR) is 166 cm³/mol. The molecule has 0 N–H and O–H groups in total. The van der Waals surface area contributed by atoms with Crippen LogP contribution in [-0.4, -0.2) is 73.0 Å². The molecule has 2 aliphatic heterocycles. The number of hydrogen-bond acceptors (Lipinski definition) is 8. The lowest BCUT2D eigenvalue weighted by molar-refractivity contribution is -0.114. The van der Waals surface area contributed by atoms with E-state index in [-0.39, 0.29) is 60.1 Å². The number of carbonyl (C=O) groups excluding carboxylic acids is 2. The molecule has 2 aliphatic rings. The van der Waals surface area contributed by atoms with Gasteiger partial charge in [0.1, 0.15) is 23.2 Å². The summed E-state index contributed by atoms with van der Waals surface area (Å²) in [4.78, 5) is 26.6. The predicted octanol–water partition coefficient (Wildman–Crippen LogP) is 6.89. The third-order valence-corrected chi connectivity index (χ3v) is 10.7. The quantitative estimate of drug-likeness (QED) is 0.0814. The summed E-state index contributed by atoms with van der Waals surface area (Å²) in [7, 11) is -2.54. The molecule has 1 saturated heterocycles. The van der Waals surface area contributed by atoms with Gasteiger partial charge in [-0.05, 0) is 37.9 Å². The second kappa shape index (κ2) is 15.2. The van der Waals surface area contributed by atoms with E-state index in [0.29, 0.717) is 25.2 Å². The number of carbonyl (C=O) groups is 2. The fourth-order valence-corrected chi connectivity index (χ4v) is 6.10. The lowest BCUT2D eigenvalue weighted by atomic mass is 9.99. The first kappa shape index (κ1) is 33.8. The summed E-state index contributed by atoms with van der Waals surface area (Å²) < 4.78 is 34.9. The van der Waals surface area contributed by atoms with E-state index in [2.05, 4.69) is 39.3 Å². The van der Waals surface area contributed by atoms with Crippen molar-refractivity contribution in [2.24, 2.45) is 0 Å². The first-order valence-corrected chi connectivity index (χ1v) is 22.3. The molecule has 1 aromatic carbocycles. The number of allylic oxidation sites excluding steroid dienone is 2. The third-order valence-electron chi connectivity index (χ3n) is 6.92. The molecule has 8 nitrogen and oxygen atoms in total. The molecular formula is C30H47ClO8Si2. The number of epoxide rings is 1. The van der Waals surface area contributed by atoms with Crippen molar-refractivity contribution in [1.29, 1.82) is 0 Å². The Kier molecular flexibility index (Phi) is 12.5. The average Bonchev–Trinajstić information content (AvgIpc) is 3.58. The van der Waals surface area contributed by atoms with Crippen molar-refractivity contribution in [2.75, 3.05) is 26.8 Å². The van der Waals surface area contributed by atoms with Gasteiger partial charge < -0.3 is 28.4 Å². The van der Waals surface area contributed by atoms with Gasteiger partial charge in [-0.2, -0.15) is 0 Å². The molecule has 1 unspecified atom stereocenters. The SMILES string of the molecule is C[C@@H]1CC2O[C@@H]2CC/C=C/C(=O)Cc2c(Cl)c(OCOCC[Si](C)(C)C)cc(OCOCC[Si](C)(C)C)c2C(=O)O1. The van der Waals surface area contributed by atoms with Gasteiger partial charge in [-0.25, -0.2) is 4.79 Å². The number of esters is 1. The van der Waals surface area contributed by atoms with Gasteiger partial charge in [0.25, 0.3) is 0 Å². The van der Waals surface area contributed by atoms with Gasteiger partial charge in [0.2, 0.25) is 0 Å². The molecule has 1 fully saturated rings. The summed E-state index contributed by atoms with van der Waals surface area (Å²) in [6.45, 7) is 16.5. The van der Waals surface area contributed by atoms with Crippen LogP contribution in [0.4, 0.5) is 0 Å². The smallest absolute Gasteiger partial charge is 0.342 e. The van der Waals surface area contributed by atoms with Crippen molar-refractivity contribution in [1.82, 2.24) is 0 Å². The minimum Gasteiger partial charge on any atom is -0.466 e. The largest absolute Gasteiger partial charge is 0.466 e. The van der Waals surface area contributed by atoms with Gasteiger partial charge >= 0.3 is 5.97 Å². The van der Waals surface area contributed by atoms with Gasteiger partial charge in [-0.3, -0.25) is 4.79 Å². The average molecular weight is 627 g/mol. The van der Waals surface area contributed by atoms with Gasteiger partial charge in [0.05, 0.1) is 17.2 Å². The first-order chi connectivity index (χ1) is 19.2. The van der Waals surface area contributed by atoms with Crippen LogP contribution in [0.5, 0.6) is 11.5 Å². The number of cyclic esters (lactones) is 1. The zero-order valence-electron chi connectivity index (χ0n) is 25.7. The molecule has 3 rings (SSSR count). The molecule has 11 heteroatoms. The van der Waals surface area contributed by atoms with Crippen LogP contribution < -0.4 is 9.47 Å². The van der Waals surface area contributed by atoms with Crippen LogP contribution in [0, 0.1) is 0 Å². The van der Waals surface area contributed by atoms with E-state index in [1.807, 2.05) is 13.0 Å². The minimum absolute atomic E-state index is 0.0208. The van der Waals surface area contributed by atoms with Crippen LogP contribution >= 0.6 is 11.6 Å². The van der Waals surface area contributed by atoms with E-state index in [0.717, 1.165) is 24.9 Å². The molecule has 0 amide bonds. The molecule has 2 heterocycles. The van der Waals surface area contributed by atoms with Crippen molar-refractivity contribution < 1.29 is 38.0 Å². The summed E-state index contributed by atoms with van der Waals surface area (Å²) in [6.07, 6.45) is 5.17. The molecule has 41 heavy (non-hydrogen) atoms. The highest BCUT2D eigenvalue weighted by Crippen LogP contribution is 2.39. The van der Waals surface area contributed by atoms with Gasteiger partial charge in [-0.15, -0.1) is 0 Å². The fraction of sp³-hybridized carbons (Fsp3) is 0.667. The fourth-order valence-electron chi connectivity index (χ4n) is 4.32. The Morgan fingerprint density at radius 2 is 1.54 bits per heavy atom. The van der Waals surface area contributed by atoms with Crippen LogP contribution in [0.1, 0.15) is 42.1 Å². The van der Waals surface area contributed by atoms with Crippen molar-refractivity contribution in [3.8, 4) is 11.5 Å². The van der Waals surface area contributed by atoms with Crippen LogP contribution in [0.2, 0.25) is 56.4 Å². The zero-order chi connectivity index (χ0) is 30.2. The lowest BCUT2D eigenvalue weighted by Crippen LogP contribution is -2.23. The highest BCUT2D eigenvalue weighted by molar-refractivity contribution is 6.76. The summed E-state index contributed by atoms with van der Waals surface area (Å²) in [6, 6.07) is 3.53. The molecule has 0 radical (unpaired) electrons. The molecule has 3 atom stereocenters. The Morgan fingerprint density at radius 3 is 2.15 bits per heavy atom. The van der Waals surface area contributed by atoms with E-state index in [1.54, 1.807) is 6.07 Å². The minimum atomic E-state index is -1.29. The Balaban J connectivity index is 1.89. The van der Waals surface area contributed by atoms with Crippen LogP contribution in [0.15, 0.2) is 18.2 Å². The number of ether oxygens (including phenoxy) is 6. The maximum Gasteiger partial charge on any atom is 0.342 e. The normalized spacial score (nSPS) is 22.7. The van der Waals surface area contributed by atoms with Crippen molar-refractivity contribution in [3.63, 3.8) is 0 Å². The van der Waals surface area contributed by atoms with Crippen LogP contribution in [0.3, 0.4) is 0 Å². The second-order valence-electron chi connectivity index (χ2n) is 13.3. The highest BCUT2D eigenvalue weighted by Gasteiger charge is 2.40. The zero-order valence-corrected chi connectivity index (χ0v) is 28.4. The monoisotopic (exact) mass is 626 g/mol. The maximum atomic E-state index is 13.6. The molecule has 1 aromatic rings. The molecule has 0 bridgehead atoms. The summed E-state index contributed by atoms with van der Waals surface area (Å²) in [5, 5.41) is 0.157. The number of fused-ring (bicyclic) bond motifs is 2. The highest BCUT2D eigenvalue weighted by atomic mass is 35.5. The van der Waals surface area contributed by atoms with Crippen LogP contribution in [-0.2, 0) is 30.2 Å². The molecule has 0 spiro atoms. The van der Waals surface area contributed by atoms with Crippen molar-refractivity contribution in [2.45, 2.75) is 102 Å². The van der Waals surface area contributed by atoms with Crippen molar-refractivity contribution in [3.05, 3.63) is 34.4 Å². The Labute approximate surface area is 252 Å². The summed E-state index contributed by atoms with van der Waals surface area (Å²) >= 11 is 6.81. The Bertz CT molecular complexity index is 1080. The molecular weight excluding hydrogens is 580 g/mol. The third kappa shape index (κ3) is 11.8. The van der Waals surface area contributed by atoms with Gasteiger partial charge in [0, 0.05) is 53.8 Å². The Hall–Kier alpha value is -1.70. The topological polar surface area (TPSA) is 92.8 Å². The Morgan fingerprint density at radius 1 is 0.927 bits per heavy atom. The summed E-state index contributed by atoms with van der Waals surface area (Å²) in [5.41, 5.74) is 0.405. The standard InChI is InChI=1S/C30H47ClO8Si2/c1-21-16-25-24(39-25)11-9-8-10-22(32)17-23-28(30(33)38-21)26(36-19-34-12-14-40(2,3)4)18-27(29(23)31)37-20-35-13-15-41(5,6)7/h8,10,18,21,24-25H,9,11-17,19-20H2,1-7H3/b10-8+/t21-,24-,25?/m1/s1. The van der Waals surface area contributed by atoms with E-state index < -0.39 is 28.2 Å². The number of hydrogen-bond donors (Lipinski definition) is 0. The summed E-state index contributed by atoms with van der Waals surface area (Å²) in [5.74, 6) is -0.352. The number of benzene rings is 1. The molecule has 0 saturated carbocycles. The van der Waals surface area contributed by atoms with Gasteiger partial charge in [0.15, 0.2) is 19.4 Å². The lowest BCUT2D eigenvalue weighted by Gasteiger charge is -2.21. The van der Waals surface area contributed by atoms with E-state index >= 15 is 0 Å². The molecule has 0 aromatic heterocycles. The first-order valence-electron chi connectivity index (χ1n) is 14.6. The number of halogens is 1. The number of ketones is 1.